The topological polar surface area (TPSA) is 140 Å². The minimum atomic E-state index is -5.08. The average Bonchev–Trinajstić information content (AvgIpc) is 3.44. The van der Waals surface area contributed by atoms with Gasteiger partial charge in [-0.1, -0.05) is 23.2 Å². The number of carboxylic acids is 2. The Bertz CT molecular complexity index is 1300. The molecule has 15 heteroatoms. The van der Waals surface area contributed by atoms with Crippen LogP contribution in [0, 0.1) is 0 Å². The highest BCUT2D eigenvalue weighted by Crippen LogP contribution is 2.43. The third-order valence-electron chi connectivity index (χ3n) is 7.26. The lowest BCUT2D eigenvalue weighted by Gasteiger charge is -2.41. The van der Waals surface area contributed by atoms with E-state index in [0.29, 0.717) is 23.8 Å². The van der Waals surface area contributed by atoms with Crippen molar-refractivity contribution in [2.45, 2.75) is 43.2 Å². The van der Waals surface area contributed by atoms with Crippen molar-refractivity contribution in [3.63, 3.8) is 0 Å². The number of hydrogen-bond donors (Lipinski definition) is 4. The van der Waals surface area contributed by atoms with Crippen LogP contribution in [0.15, 0.2) is 30.3 Å². The number of phenolic OH excluding ortho intramolecular Hbond substituents is 1. The number of nitrogens with zero attached hydrogens (tertiary/aromatic N) is 2. The maximum atomic E-state index is 11.0. The van der Waals surface area contributed by atoms with Gasteiger partial charge in [0.1, 0.15) is 22.8 Å². The molecule has 0 saturated carbocycles. The molecule has 5 rings (SSSR count). The predicted molar refractivity (Wildman–Crippen MR) is 141 cm³/mol. The van der Waals surface area contributed by atoms with Gasteiger partial charge in [0, 0.05) is 62.6 Å². The van der Waals surface area contributed by atoms with Crippen molar-refractivity contribution < 1.29 is 52.7 Å². The maximum absolute atomic E-state index is 11.0. The number of likely N-dealkylation sites (tertiary alicyclic amines) is 1. The SMILES string of the molecule is O=C(O)C(F)(F)F.O=C(O)COc1cc(Cl)c(O)cc1N1CC(N2CCC3(CC2)Cc2cc(Cl)ccc2O3)[C@H](O)C1. The minimum Gasteiger partial charge on any atom is -0.506 e. The Morgan fingerprint density at radius 1 is 1.10 bits per heavy atom. The molecule has 2 aromatic rings. The van der Waals surface area contributed by atoms with Crippen LogP contribution in [0.3, 0.4) is 0 Å². The van der Waals surface area contributed by atoms with E-state index in [1.807, 2.05) is 23.1 Å². The zero-order chi connectivity index (χ0) is 30.1. The molecule has 3 aliphatic heterocycles. The molecule has 224 valence electrons. The van der Waals surface area contributed by atoms with E-state index in [0.717, 1.165) is 43.7 Å². The molecule has 1 unspecified atom stereocenters. The van der Waals surface area contributed by atoms with Gasteiger partial charge in [0.15, 0.2) is 6.61 Å². The molecule has 1 spiro atoms. The number of ether oxygens (including phenoxy) is 2. The minimum absolute atomic E-state index is 0.0700. The molecule has 2 atom stereocenters. The van der Waals surface area contributed by atoms with Crippen LogP contribution in [0.1, 0.15) is 18.4 Å². The summed E-state index contributed by atoms with van der Waals surface area (Å²) < 4.78 is 43.5. The van der Waals surface area contributed by atoms with Crippen LogP contribution < -0.4 is 14.4 Å². The van der Waals surface area contributed by atoms with E-state index >= 15 is 0 Å². The third-order valence-corrected chi connectivity index (χ3v) is 7.80. The number of hydrogen-bond acceptors (Lipinski definition) is 8. The van der Waals surface area contributed by atoms with Gasteiger partial charge in [0.2, 0.25) is 0 Å². The lowest BCUT2D eigenvalue weighted by molar-refractivity contribution is -0.192. The summed E-state index contributed by atoms with van der Waals surface area (Å²) in [6, 6.07) is 8.50. The number of fused-ring (bicyclic) bond motifs is 1. The summed E-state index contributed by atoms with van der Waals surface area (Å²) in [6.45, 7) is 1.87. The summed E-state index contributed by atoms with van der Waals surface area (Å²) in [4.78, 5) is 24.1. The molecule has 0 bridgehead atoms. The number of carboxylic acid groups (broad SMARTS) is 2. The van der Waals surface area contributed by atoms with Crippen LogP contribution >= 0.6 is 23.2 Å². The van der Waals surface area contributed by atoms with Crippen LogP contribution in [0.2, 0.25) is 10.0 Å². The number of halogens is 5. The van der Waals surface area contributed by atoms with Crippen molar-refractivity contribution >= 4 is 40.8 Å². The fourth-order valence-corrected chi connectivity index (χ4v) is 5.65. The second-order valence-electron chi connectivity index (χ2n) is 10.0. The fourth-order valence-electron chi connectivity index (χ4n) is 5.30. The molecule has 0 aliphatic carbocycles. The second-order valence-corrected chi connectivity index (χ2v) is 10.9. The van der Waals surface area contributed by atoms with Crippen molar-refractivity contribution in [1.29, 1.82) is 0 Å². The number of piperidine rings is 1. The highest BCUT2D eigenvalue weighted by Gasteiger charge is 2.45. The Morgan fingerprint density at radius 2 is 1.76 bits per heavy atom. The Balaban J connectivity index is 0.000000493. The van der Waals surface area contributed by atoms with E-state index in [9.17, 15) is 28.2 Å². The van der Waals surface area contributed by atoms with E-state index in [1.54, 1.807) is 0 Å². The molecular formula is C26H27Cl2F3N2O8. The van der Waals surface area contributed by atoms with Gasteiger partial charge in [-0.2, -0.15) is 13.2 Å². The van der Waals surface area contributed by atoms with Gasteiger partial charge in [0.05, 0.1) is 22.9 Å². The highest BCUT2D eigenvalue weighted by molar-refractivity contribution is 6.32. The van der Waals surface area contributed by atoms with Crippen LogP contribution in [-0.4, -0.2) is 94.0 Å². The first-order valence-corrected chi connectivity index (χ1v) is 13.2. The molecular weight excluding hydrogens is 596 g/mol. The smallest absolute Gasteiger partial charge is 0.490 e. The Hall–Kier alpha value is -3.13. The summed E-state index contributed by atoms with van der Waals surface area (Å²) in [5.41, 5.74) is 1.42. The van der Waals surface area contributed by atoms with Crippen LogP contribution in [0.25, 0.3) is 0 Å². The normalized spacial score (nSPS) is 21.6. The molecule has 2 aromatic carbocycles. The monoisotopic (exact) mass is 622 g/mol. The van der Waals surface area contributed by atoms with Gasteiger partial charge in [-0.05, 0) is 23.8 Å². The number of aromatic hydroxyl groups is 1. The summed E-state index contributed by atoms with van der Waals surface area (Å²) >= 11 is 12.2. The molecule has 0 radical (unpaired) electrons. The number of benzene rings is 2. The van der Waals surface area contributed by atoms with Gasteiger partial charge in [0.25, 0.3) is 0 Å². The van der Waals surface area contributed by atoms with E-state index in [1.165, 1.54) is 12.1 Å². The molecule has 2 saturated heterocycles. The second kappa shape index (κ2) is 12.0. The van der Waals surface area contributed by atoms with Crippen LogP contribution in [0.4, 0.5) is 18.9 Å². The first-order chi connectivity index (χ1) is 19.2. The van der Waals surface area contributed by atoms with Gasteiger partial charge in [-0.15, -0.1) is 0 Å². The summed E-state index contributed by atoms with van der Waals surface area (Å²) in [7, 11) is 0. The van der Waals surface area contributed by atoms with Gasteiger partial charge >= 0.3 is 18.1 Å². The molecule has 0 amide bonds. The maximum Gasteiger partial charge on any atom is 0.490 e. The molecule has 10 nitrogen and oxygen atoms in total. The summed E-state index contributed by atoms with van der Waals surface area (Å²) in [5.74, 6) is -2.84. The summed E-state index contributed by atoms with van der Waals surface area (Å²) in [6.07, 6.45) is -3.17. The lowest BCUT2D eigenvalue weighted by Crippen LogP contribution is -2.53. The number of rotatable bonds is 5. The molecule has 0 aromatic heterocycles. The lowest BCUT2D eigenvalue weighted by atomic mass is 9.86. The Labute approximate surface area is 242 Å². The van der Waals surface area contributed by atoms with E-state index < -0.39 is 30.8 Å². The molecule has 3 heterocycles. The van der Waals surface area contributed by atoms with Crippen molar-refractivity contribution in [3.8, 4) is 17.2 Å². The molecule has 4 N–H and O–H groups in total. The first-order valence-electron chi connectivity index (χ1n) is 12.5. The van der Waals surface area contributed by atoms with Crippen LogP contribution in [0.5, 0.6) is 17.2 Å². The molecule has 2 fully saturated rings. The first kappa shape index (κ1) is 30.8. The van der Waals surface area contributed by atoms with Crippen molar-refractivity contribution in [3.05, 3.63) is 45.9 Å². The number of phenols is 1. The zero-order valence-electron chi connectivity index (χ0n) is 21.4. The Morgan fingerprint density at radius 3 is 2.37 bits per heavy atom. The number of alkyl halides is 3. The van der Waals surface area contributed by atoms with Crippen LogP contribution in [-0.2, 0) is 16.0 Å². The Kier molecular flexibility index (Phi) is 9.02. The molecule has 41 heavy (non-hydrogen) atoms. The zero-order valence-corrected chi connectivity index (χ0v) is 22.9. The largest absolute Gasteiger partial charge is 0.506 e. The number of anilines is 1. The highest BCUT2D eigenvalue weighted by atomic mass is 35.5. The van der Waals surface area contributed by atoms with Crippen molar-refractivity contribution in [2.24, 2.45) is 0 Å². The number of β-amino-alcohol motifs (C(OH)–C–C–N with tert-alkyl or cyclic N) is 1. The van der Waals surface area contributed by atoms with E-state index in [4.69, 9.17) is 47.7 Å². The number of aliphatic carboxylic acids is 2. The number of carbonyl (C=O) groups is 2. The van der Waals surface area contributed by atoms with Crippen molar-refractivity contribution in [2.75, 3.05) is 37.7 Å². The van der Waals surface area contributed by atoms with Gasteiger partial charge < -0.3 is 34.8 Å². The quantitative estimate of drug-likeness (QED) is 0.389. The average molecular weight is 623 g/mol. The van der Waals surface area contributed by atoms with E-state index in [-0.39, 0.29) is 28.2 Å². The van der Waals surface area contributed by atoms with Gasteiger partial charge in [-0.3, -0.25) is 4.90 Å². The van der Waals surface area contributed by atoms with E-state index in [2.05, 4.69) is 4.90 Å². The summed E-state index contributed by atoms with van der Waals surface area (Å²) in [5, 5.41) is 37.9. The van der Waals surface area contributed by atoms with Crippen molar-refractivity contribution in [1.82, 2.24) is 4.90 Å². The fraction of sp³-hybridized carbons (Fsp3) is 0.462. The van der Waals surface area contributed by atoms with Gasteiger partial charge in [-0.25, -0.2) is 9.59 Å². The third kappa shape index (κ3) is 7.21. The number of aliphatic hydroxyl groups is 1. The predicted octanol–water partition coefficient (Wildman–Crippen LogP) is 3.81. The number of aliphatic hydroxyl groups excluding tert-OH is 1. The molecule has 3 aliphatic rings. The standard InChI is InChI=1S/C24H26Cl2N2O6.C2HF3O2/c25-15-1-2-21-14(7-15)10-24(34-21)3-5-27(6-4-24)18-11-28(12-20(18)30)17-9-19(29)16(26)8-22(17)33-13-23(31)32;3-2(4,5)1(6)7/h1-2,7-9,18,20,29-30H,3-6,10-13H2,(H,31,32);(H,6,7)/t18?,20-;/m1./s1.